The molecule has 0 unspecified atom stereocenters. The molecule has 5 nitrogen and oxygen atoms in total. The molecule has 0 amide bonds. The zero-order valence-electron chi connectivity index (χ0n) is 12.3. The number of carbonyl (C=O) groups excluding carboxylic acids is 1. The molecule has 1 N–H and O–H groups in total. The summed E-state index contributed by atoms with van der Waals surface area (Å²) >= 11 is 0. The number of esters is 1. The normalized spacial score (nSPS) is 25.2. The average molecular weight is 269 g/mol. The number of hydrogen-bond acceptors (Lipinski definition) is 5. The topological polar surface area (TPSA) is 44.8 Å². The molecule has 5 heteroatoms. The maximum atomic E-state index is 10.7. The van der Waals surface area contributed by atoms with Crippen molar-refractivity contribution in [2.75, 3.05) is 52.4 Å². The van der Waals surface area contributed by atoms with Gasteiger partial charge in [-0.1, -0.05) is 0 Å². The van der Waals surface area contributed by atoms with Gasteiger partial charge in [-0.15, -0.1) is 0 Å². The van der Waals surface area contributed by atoms with Gasteiger partial charge in [0.25, 0.3) is 0 Å². The van der Waals surface area contributed by atoms with Gasteiger partial charge in [-0.05, 0) is 32.9 Å². The van der Waals surface area contributed by atoms with Crippen LogP contribution in [0.5, 0.6) is 0 Å². The van der Waals surface area contributed by atoms with Crippen LogP contribution in [0.15, 0.2) is 0 Å². The molecular formula is C14H27N3O2. The van der Waals surface area contributed by atoms with E-state index in [1.165, 1.54) is 19.8 Å². The van der Waals surface area contributed by atoms with E-state index >= 15 is 0 Å². The summed E-state index contributed by atoms with van der Waals surface area (Å²) in [4.78, 5) is 15.8. The van der Waals surface area contributed by atoms with Crippen LogP contribution in [0.4, 0.5) is 0 Å². The Balaban J connectivity index is 1.71. The number of piperidine rings is 1. The van der Waals surface area contributed by atoms with Crippen LogP contribution < -0.4 is 5.32 Å². The molecule has 0 aromatic rings. The predicted molar refractivity (Wildman–Crippen MR) is 75.2 cm³/mol. The molecule has 0 atom stereocenters. The predicted octanol–water partition coefficient (Wildman–Crippen LogP) is 0.309. The summed E-state index contributed by atoms with van der Waals surface area (Å²) in [5, 5.41) is 3.44. The molecule has 2 aliphatic rings. The number of piperazine rings is 1. The number of ether oxygens (including phenoxy) is 1. The molecule has 2 heterocycles. The molecule has 19 heavy (non-hydrogen) atoms. The Morgan fingerprint density at radius 3 is 2.42 bits per heavy atom. The van der Waals surface area contributed by atoms with Crippen LogP contribution in [-0.2, 0) is 9.53 Å². The summed E-state index contributed by atoms with van der Waals surface area (Å²) in [5.41, 5.74) is 0.382. The van der Waals surface area contributed by atoms with Gasteiger partial charge in [0.05, 0.1) is 0 Å². The van der Waals surface area contributed by atoms with Crippen molar-refractivity contribution in [1.82, 2.24) is 15.1 Å². The van der Waals surface area contributed by atoms with E-state index in [4.69, 9.17) is 4.74 Å². The molecule has 110 valence electrons. The average Bonchev–Trinajstić information content (AvgIpc) is 2.40. The van der Waals surface area contributed by atoms with Crippen molar-refractivity contribution < 1.29 is 9.53 Å². The summed E-state index contributed by atoms with van der Waals surface area (Å²) < 4.78 is 5.01. The first kappa shape index (κ1) is 14.8. The highest BCUT2D eigenvalue weighted by molar-refractivity contribution is 5.65. The highest BCUT2D eigenvalue weighted by atomic mass is 16.5. The second-order valence-electron chi connectivity index (χ2n) is 5.92. The first-order chi connectivity index (χ1) is 9.10. The van der Waals surface area contributed by atoms with Gasteiger partial charge in [0, 0.05) is 45.2 Å². The third-order valence-corrected chi connectivity index (χ3v) is 4.53. The minimum atomic E-state index is -0.180. The number of nitrogens with one attached hydrogen (secondary N) is 1. The lowest BCUT2D eigenvalue weighted by atomic mass is 9.88. The Hall–Kier alpha value is -0.650. The largest absolute Gasteiger partial charge is 0.465 e. The van der Waals surface area contributed by atoms with Crippen LogP contribution in [0.1, 0.15) is 26.7 Å². The van der Waals surface area contributed by atoms with Crippen LogP contribution in [0, 0.1) is 0 Å². The van der Waals surface area contributed by atoms with E-state index < -0.39 is 0 Å². The Kier molecular flexibility index (Phi) is 5.19. The van der Waals surface area contributed by atoms with Gasteiger partial charge in [-0.3, -0.25) is 14.6 Å². The quantitative estimate of drug-likeness (QED) is 0.744. The SMILES string of the molecule is CC(=O)OCCN1CCN(C2(C)CCNCC2)CC1. The third-order valence-electron chi connectivity index (χ3n) is 4.53. The van der Waals surface area contributed by atoms with Crippen molar-refractivity contribution in [3.8, 4) is 0 Å². The third kappa shape index (κ3) is 4.16. The Morgan fingerprint density at radius 2 is 1.84 bits per heavy atom. The van der Waals surface area contributed by atoms with Gasteiger partial charge in [0.1, 0.15) is 6.61 Å². The molecule has 2 saturated heterocycles. The molecule has 2 aliphatic heterocycles. The zero-order valence-corrected chi connectivity index (χ0v) is 12.3. The Labute approximate surface area is 116 Å². The van der Waals surface area contributed by atoms with Crippen molar-refractivity contribution in [2.45, 2.75) is 32.2 Å². The first-order valence-electron chi connectivity index (χ1n) is 7.42. The van der Waals surface area contributed by atoms with Crippen molar-refractivity contribution in [3.63, 3.8) is 0 Å². The van der Waals surface area contributed by atoms with E-state index in [1.54, 1.807) is 0 Å². The molecule has 2 rings (SSSR count). The van der Waals surface area contributed by atoms with Gasteiger partial charge < -0.3 is 10.1 Å². The summed E-state index contributed by atoms with van der Waals surface area (Å²) in [7, 11) is 0. The standard InChI is InChI=1S/C14H27N3O2/c1-13(18)19-12-11-16-7-9-17(10-8-16)14(2)3-5-15-6-4-14/h15H,3-12H2,1-2H3. The fourth-order valence-electron chi connectivity index (χ4n) is 3.11. The highest BCUT2D eigenvalue weighted by Crippen LogP contribution is 2.26. The minimum Gasteiger partial charge on any atom is -0.465 e. The molecule has 0 aromatic carbocycles. The lowest BCUT2D eigenvalue weighted by Gasteiger charge is -2.48. The van der Waals surface area contributed by atoms with Crippen LogP contribution in [0.3, 0.4) is 0 Å². The van der Waals surface area contributed by atoms with Gasteiger partial charge in [-0.2, -0.15) is 0 Å². The maximum Gasteiger partial charge on any atom is 0.302 e. The Morgan fingerprint density at radius 1 is 1.21 bits per heavy atom. The number of nitrogens with zero attached hydrogens (tertiary/aromatic N) is 2. The number of hydrogen-bond donors (Lipinski definition) is 1. The fraction of sp³-hybridized carbons (Fsp3) is 0.929. The summed E-state index contributed by atoms with van der Waals surface area (Å²) in [5.74, 6) is -0.180. The minimum absolute atomic E-state index is 0.180. The van der Waals surface area contributed by atoms with Gasteiger partial charge in [-0.25, -0.2) is 0 Å². The molecule has 0 aromatic heterocycles. The second kappa shape index (κ2) is 6.68. The van der Waals surface area contributed by atoms with Gasteiger partial charge in [0.2, 0.25) is 0 Å². The fourth-order valence-corrected chi connectivity index (χ4v) is 3.11. The lowest BCUT2D eigenvalue weighted by molar-refractivity contribution is -0.141. The van der Waals surface area contributed by atoms with E-state index in [0.717, 1.165) is 45.8 Å². The number of carbonyl (C=O) groups is 1. The smallest absolute Gasteiger partial charge is 0.302 e. The van der Waals surface area contributed by atoms with Crippen LogP contribution >= 0.6 is 0 Å². The highest BCUT2D eigenvalue weighted by Gasteiger charge is 2.34. The second-order valence-corrected chi connectivity index (χ2v) is 5.92. The lowest BCUT2D eigenvalue weighted by Crippen LogP contribution is -2.59. The molecule has 0 radical (unpaired) electrons. The van der Waals surface area contributed by atoms with E-state index in [-0.39, 0.29) is 5.97 Å². The molecule has 2 fully saturated rings. The van der Waals surface area contributed by atoms with Crippen LogP contribution in [0.25, 0.3) is 0 Å². The summed E-state index contributed by atoms with van der Waals surface area (Å²) in [6.07, 6.45) is 2.50. The number of rotatable bonds is 4. The molecule has 0 bridgehead atoms. The van der Waals surface area contributed by atoms with E-state index in [0.29, 0.717) is 12.1 Å². The van der Waals surface area contributed by atoms with E-state index in [9.17, 15) is 4.79 Å². The van der Waals surface area contributed by atoms with Crippen LogP contribution in [-0.4, -0.2) is 73.7 Å². The Bertz CT molecular complexity index is 295. The van der Waals surface area contributed by atoms with E-state index in [2.05, 4.69) is 22.0 Å². The molecule has 0 aliphatic carbocycles. The van der Waals surface area contributed by atoms with Crippen molar-refractivity contribution in [2.24, 2.45) is 0 Å². The summed E-state index contributed by atoms with van der Waals surface area (Å²) in [6.45, 7) is 12.0. The monoisotopic (exact) mass is 269 g/mol. The van der Waals surface area contributed by atoms with Crippen LogP contribution in [0.2, 0.25) is 0 Å². The van der Waals surface area contributed by atoms with Crippen molar-refractivity contribution in [3.05, 3.63) is 0 Å². The van der Waals surface area contributed by atoms with Crippen molar-refractivity contribution >= 4 is 5.97 Å². The van der Waals surface area contributed by atoms with Crippen molar-refractivity contribution in [1.29, 1.82) is 0 Å². The molecule has 0 saturated carbocycles. The van der Waals surface area contributed by atoms with Gasteiger partial charge in [0.15, 0.2) is 0 Å². The van der Waals surface area contributed by atoms with Gasteiger partial charge >= 0.3 is 5.97 Å². The molecule has 0 spiro atoms. The first-order valence-corrected chi connectivity index (χ1v) is 7.42. The van der Waals surface area contributed by atoms with E-state index in [1.807, 2.05) is 0 Å². The summed E-state index contributed by atoms with van der Waals surface area (Å²) in [6, 6.07) is 0. The zero-order chi connectivity index (χ0) is 13.7. The maximum absolute atomic E-state index is 10.7. The molecular weight excluding hydrogens is 242 g/mol.